The standard InChI is InChI=1S/C18H24N4O2/c1-12-16(20-17(23)13-7-6-8-14(19)11-13)18(24)22(21(12)2)15-9-4-3-5-10-15/h3-5,9-10,13-14H,6-8,11,19H2,1-2H3,(H,20,23). The molecule has 0 bridgehead atoms. The molecule has 1 heterocycles. The molecule has 0 aliphatic heterocycles. The van der Waals surface area contributed by atoms with Gasteiger partial charge in [0.2, 0.25) is 5.91 Å². The van der Waals surface area contributed by atoms with E-state index >= 15 is 0 Å². The molecular formula is C18H24N4O2. The molecule has 1 aliphatic carbocycles. The number of carbonyl (C=O) groups is 1. The first kappa shape index (κ1) is 16.5. The normalized spacial score (nSPS) is 20.8. The molecule has 1 aromatic heterocycles. The molecule has 3 rings (SSSR count). The van der Waals surface area contributed by atoms with E-state index in [0.717, 1.165) is 30.6 Å². The maximum Gasteiger partial charge on any atom is 0.295 e. The van der Waals surface area contributed by atoms with Gasteiger partial charge >= 0.3 is 0 Å². The number of nitrogens with two attached hydrogens (primary N) is 1. The smallest absolute Gasteiger partial charge is 0.295 e. The number of hydrogen-bond acceptors (Lipinski definition) is 3. The molecule has 0 spiro atoms. The van der Waals surface area contributed by atoms with Crippen molar-refractivity contribution in [2.75, 3.05) is 5.32 Å². The van der Waals surface area contributed by atoms with E-state index < -0.39 is 0 Å². The van der Waals surface area contributed by atoms with Gasteiger partial charge in [-0.05, 0) is 38.3 Å². The van der Waals surface area contributed by atoms with Crippen LogP contribution in [0.15, 0.2) is 35.1 Å². The largest absolute Gasteiger partial charge is 0.328 e. The number of amides is 1. The molecule has 3 N–H and O–H groups in total. The highest BCUT2D eigenvalue weighted by Gasteiger charge is 2.27. The summed E-state index contributed by atoms with van der Waals surface area (Å²) in [6.07, 6.45) is 3.44. The molecule has 128 valence electrons. The summed E-state index contributed by atoms with van der Waals surface area (Å²) in [4.78, 5) is 25.3. The highest BCUT2D eigenvalue weighted by atomic mass is 16.2. The van der Waals surface area contributed by atoms with E-state index in [9.17, 15) is 9.59 Å². The lowest BCUT2D eigenvalue weighted by Gasteiger charge is -2.25. The Labute approximate surface area is 141 Å². The molecular weight excluding hydrogens is 304 g/mol. The Kier molecular flexibility index (Phi) is 4.57. The zero-order valence-electron chi connectivity index (χ0n) is 14.2. The first-order valence-electron chi connectivity index (χ1n) is 8.39. The highest BCUT2D eigenvalue weighted by Crippen LogP contribution is 2.25. The minimum atomic E-state index is -0.213. The molecule has 6 nitrogen and oxygen atoms in total. The topological polar surface area (TPSA) is 82.1 Å². The second-order valence-corrected chi connectivity index (χ2v) is 6.55. The maximum atomic E-state index is 12.8. The third-order valence-corrected chi connectivity index (χ3v) is 4.89. The van der Waals surface area contributed by atoms with Crippen LogP contribution in [0, 0.1) is 12.8 Å². The van der Waals surface area contributed by atoms with Crippen molar-refractivity contribution in [3.63, 3.8) is 0 Å². The van der Waals surface area contributed by atoms with Gasteiger partial charge in [0.25, 0.3) is 5.56 Å². The lowest BCUT2D eigenvalue weighted by atomic mass is 9.85. The summed E-state index contributed by atoms with van der Waals surface area (Å²) in [5, 5.41) is 2.85. The SMILES string of the molecule is Cc1c(NC(=O)C2CCCC(N)C2)c(=O)n(-c2ccccc2)n1C. The van der Waals surface area contributed by atoms with E-state index in [2.05, 4.69) is 5.32 Å². The van der Waals surface area contributed by atoms with Gasteiger partial charge in [0.15, 0.2) is 0 Å². The summed E-state index contributed by atoms with van der Waals surface area (Å²) >= 11 is 0. The fourth-order valence-electron chi connectivity index (χ4n) is 3.40. The van der Waals surface area contributed by atoms with Crippen molar-refractivity contribution in [3.05, 3.63) is 46.4 Å². The van der Waals surface area contributed by atoms with Crippen LogP contribution in [-0.2, 0) is 11.8 Å². The van der Waals surface area contributed by atoms with Gasteiger partial charge in [-0.25, -0.2) is 4.68 Å². The maximum absolute atomic E-state index is 12.8. The molecule has 2 atom stereocenters. The number of aromatic nitrogens is 2. The summed E-state index contributed by atoms with van der Waals surface area (Å²) in [5.41, 5.74) is 7.61. The quantitative estimate of drug-likeness (QED) is 0.903. The van der Waals surface area contributed by atoms with Crippen molar-refractivity contribution in [2.45, 2.75) is 38.6 Å². The second-order valence-electron chi connectivity index (χ2n) is 6.55. The van der Waals surface area contributed by atoms with Crippen LogP contribution in [0.5, 0.6) is 0 Å². The van der Waals surface area contributed by atoms with Crippen molar-refractivity contribution >= 4 is 11.6 Å². The molecule has 1 saturated carbocycles. The molecule has 2 aromatic rings. The van der Waals surface area contributed by atoms with Crippen LogP contribution < -0.4 is 16.6 Å². The predicted octanol–water partition coefficient (Wildman–Crippen LogP) is 1.94. The third kappa shape index (κ3) is 3.01. The van der Waals surface area contributed by atoms with Crippen molar-refractivity contribution in [1.29, 1.82) is 0 Å². The number of nitrogens with one attached hydrogen (secondary N) is 1. The molecule has 2 unspecified atom stereocenters. The van der Waals surface area contributed by atoms with Gasteiger partial charge in [-0.15, -0.1) is 0 Å². The van der Waals surface area contributed by atoms with Gasteiger partial charge < -0.3 is 11.1 Å². The van der Waals surface area contributed by atoms with Crippen LogP contribution >= 0.6 is 0 Å². The van der Waals surface area contributed by atoms with Crippen molar-refractivity contribution < 1.29 is 4.79 Å². The monoisotopic (exact) mass is 328 g/mol. The Hall–Kier alpha value is -2.34. The van der Waals surface area contributed by atoms with Crippen LogP contribution in [0.4, 0.5) is 5.69 Å². The lowest BCUT2D eigenvalue weighted by molar-refractivity contribution is -0.120. The van der Waals surface area contributed by atoms with Crippen LogP contribution in [0.25, 0.3) is 5.69 Å². The van der Waals surface area contributed by atoms with Crippen LogP contribution in [0.3, 0.4) is 0 Å². The molecule has 6 heteroatoms. The van der Waals surface area contributed by atoms with Gasteiger partial charge in [-0.2, -0.15) is 0 Å². The first-order valence-corrected chi connectivity index (χ1v) is 8.39. The van der Waals surface area contributed by atoms with E-state index in [-0.39, 0.29) is 23.4 Å². The number of nitrogens with zero attached hydrogens (tertiary/aromatic N) is 2. The lowest BCUT2D eigenvalue weighted by Crippen LogP contribution is -2.35. The van der Waals surface area contributed by atoms with Crippen molar-refractivity contribution in [1.82, 2.24) is 9.36 Å². The molecule has 0 radical (unpaired) electrons. The number of hydrogen-bond donors (Lipinski definition) is 2. The fourth-order valence-corrected chi connectivity index (χ4v) is 3.40. The van der Waals surface area contributed by atoms with Crippen molar-refractivity contribution in [2.24, 2.45) is 18.7 Å². The predicted molar refractivity (Wildman–Crippen MR) is 94.3 cm³/mol. The summed E-state index contributed by atoms with van der Waals surface area (Å²) in [7, 11) is 1.82. The Bertz CT molecular complexity index is 791. The Morgan fingerprint density at radius 3 is 2.62 bits per heavy atom. The van der Waals surface area contributed by atoms with Crippen LogP contribution in [0.2, 0.25) is 0 Å². The Morgan fingerprint density at radius 1 is 1.25 bits per heavy atom. The average Bonchev–Trinajstić information content (AvgIpc) is 2.79. The third-order valence-electron chi connectivity index (χ3n) is 4.89. The van der Waals surface area contributed by atoms with Gasteiger partial charge in [-0.1, -0.05) is 24.6 Å². The van der Waals surface area contributed by atoms with E-state index in [4.69, 9.17) is 5.73 Å². The highest BCUT2D eigenvalue weighted by molar-refractivity contribution is 5.93. The van der Waals surface area contributed by atoms with Crippen LogP contribution in [0.1, 0.15) is 31.4 Å². The Morgan fingerprint density at radius 2 is 1.96 bits per heavy atom. The van der Waals surface area contributed by atoms with Gasteiger partial charge in [-0.3, -0.25) is 14.3 Å². The zero-order valence-corrected chi connectivity index (χ0v) is 14.2. The molecule has 1 amide bonds. The average molecular weight is 328 g/mol. The Balaban J connectivity index is 1.89. The zero-order chi connectivity index (χ0) is 17.3. The van der Waals surface area contributed by atoms with Crippen molar-refractivity contribution in [3.8, 4) is 5.69 Å². The number of rotatable bonds is 3. The fraction of sp³-hybridized carbons (Fsp3) is 0.444. The summed E-state index contributed by atoms with van der Waals surface area (Å²) in [5.74, 6) is -0.214. The van der Waals surface area contributed by atoms with Crippen LogP contribution in [-0.4, -0.2) is 21.3 Å². The summed E-state index contributed by atoms with van der Waals surface area (Å²) in [6, 6.07) is 9.48. The number of anilines is 1. The molecule has 0 saturated heterocycles. The molecule has 1 aromatic carbocycles. The first-order chi connectivity index (χ1) is 11.5. The number of benzene rings is 1. The minimum absolute atomic E-state index is 0.0762. The van der Waals surface area contributed by atoms with E-state index in [1.54, 1.807) is 9.36 Å². The van der Waals surface area contributed by atoms with Gasteiger partial charge in [0, 0.05) is 19.0 Å². The minimum Gasteiger partial charge on any atom is -0.328 e. The molecule has 1 fully saturated rings. The second kappa shape index (κ2) is 6.65. The van der Waals surface area contributed by atoms with E-state index in [1.807, 2.05) is 44.3 Å². The van der Waals surface area contributed by atoms with Gasteiger partial charge in [0.05, 0.1) is 11.4 Å². The van der Waals surface area contributed by atoms with Gasteiger partial charge in [0.1, 0.15) is 5.69 Å². The molecule has 24 heavy (non-hydrogen) atoms. The summed E-state index contributed by atoms with van der Waals surface area (Å²) < 4.78 is 3.33. The number of para-hydroxylation sites is 1. The van der Waals surface area contributed by atoms with E-state index in [0.29, 0.717) is 12.1 Å². The molecule has 1 aliphatic rings. The van der Waals surface area contributed by atoms with E-state index in [1.165, 1.54) is 0 Å². The number of carbonyl (C=O) groups excluding carboxylic acids is 1. The summed E-state index contributed by atoms with van der Waals surface area (Å²) in [6.45, 7) is 1.84.